The van der Waals surface area contributed by atoms with Crippen LogP contribution in [-0.2, 0) is 9.53 Å². The monoisotopic (exact) mass is 259 g/mol. The van der Waals surface area contributed by atoms with Crippen molar-refractivity contribution in [2.24, 2.45) is 5.92 Å². The largest absolute Gasteiger partial charge is 0.381 e. The minimum Gasteiger partial charge on any atom is -0.381 e. The van der Waals surface area contributed by atoms with Crippen molar-refractivity contribution in [3.05, 3.63) is 0 Å². The Bertz CT molecular complexity index is 258. The number of amides is 1. The molecule has 1 saturated heterocycles. The van der Waals surface area contributed by atoms with Crippen LogP contribution in [0.5, 0.6) is 0 Å². The Morgan fingerprint density at radius 2 is 2.06 bits per heavy atom. The number of halogens is 1. The summed E-state index contributed by atoms with van der Waals surface area (Å²) in [5, 5.41) is 3.20. The van der Waals surface area contributed by atoms with Crippen LogP contribution in [0.3, 0.4) is 0 Å². The average molecular weight is 260 g/mol. The Kier molecular flexibility index (Phi) is 4.69. The molecule has 1 aliphatic heterocycles. The lowest BCUT2D eigenvalue weighted by atomic mass is 9.82. The van der Waals surface area contributed by atoms with E-state index in [-0.39, 0.29) is 17.4 Å². The van der Waals surface area contributed by atoms with Gasteiger partial charge in [0.2, 0.25) is 5.91 Å². The van der Waals surface area contributed by atoms with Crippen molar-refractivity contribution in [2.75, 3.05) is 19.1 Å². The number of hydrogen-bond donors (Lipinski definition) is 1. The summed E-state index contributed by atoms with van der Waals surface area (Å²) in [5.41, 5.74) is -0.145. The van der Waals surface area contributed by atoms with Crippen LogP contribution in [0.1, 0.15) is 44.9 Å². The van der Waals surface area contributed by atoms with Crippen molar-refractivity contribution in [3.8, 4) is 0 Å². The second-order valence-corrected chi connectivity index (χ2v) is 5.65. The molecule has 2 fully saturated rings. The van der Waals surface area contributed by atoms with Crippen molar-refractivity contribution >= 4 is 17.5 Å². The third-order valence-electron chi connectivity index (χ3n) is 3.99. The van der Waals surface area contributed by atoms with Gasteiger partial charge in [0.05, 0.1) is 18.1 Å². The van der Waals surface area contributed by atoms with E-state index < -0.39 is 0 Å². The Morgan fingerprint density at radius 3 is 2.65 bits per heavy atom. The normalized spacial score (nSPS) is 28.6. The standard InChI is InChI=1S/C13H22ClNO2/c14-10-13(6-2-1-3-7-13)15-12(16)11-5-4-8-17-9-11/h11H,1-10H2,(H,15,16). The van der Waals surface area contributed by atoms with Gasteiger partial charge in [0.15, 0.2) is 0 Å². The first-order valence-corrected chi connectivity index (χ1v) is 7.25. The molecular weight excluding hydrogens is 238 g/mol. The second kappa shape index (κ2) is 6.05. The van der Waals surface area contributed by atoms with Crippen molar-refractivity contribution in [2.45, 2.75) is 50.5 Å². The molecule has 1 atom stereocenters. The first-order valence-electron chi connectivity index (χ1n) is 6.71. The molecule has 1 aliphatic carbocycles. The van der Waals surface area contributed by atoms with Crippen LogP contribution in [0.4, 0.5) is 0 Å². The molecule has 17 heavy (non-hydrogen) atoms. The molecule has 0 spiro atoms. The van der Waals surface area contributed by atoms with E-state index in [1.807, 2.05) is 0 Å². The molecular formula is C13H22ClNO2. The van der Waals surface area contributed by atoms with E-state index in [0.717, 1.165) is 32.3 Å². The van der Waals surface area contributed by atoms with Crippen molar-refractivity contribution in [1.82, 2.24) is 5.32 Å². The van der Waals surface area contributed by atoms with Crippen LogP contribution in [0.25, 0.3) is 0 Å². The number of carbonyl (C=O) groups excluding carboxylic acids is 1. The molecule has 0 aromatic heterocycles. The van der Waals surface area contributed by atoms with E-state index in [2.05, 4.69) is 5.32 Å². The molecule has 1 unspecified atom stereocenters. The zero-order chi connectivity index (χ0) is 12.1. The zero-order valence-electron chi connectivity index (χ0n) is 10.3. The summed E-state index contributed by atoms with van der Waals surface area (Å²) in [7, 11) is 0. The van der Waals surface area contributed by atoms with Crippen LogP contribution in [0.15, 0.2) is 0 Å². The lowest BCUT2D eigenvalue weighted by Crippen LogP contribution is -2.53. The quantitative estimate of drug-likeness (QED) is 0.791. The van der Waals surface area contributed by atoms with E-state index in [0.29, 0.717) is 12.5 Å². The van der Waals surface area contributed by atoms with Crippen LogP contribution in [-0.4, -0.2) is 30.5 Å². The van der Waals surface area contributed by atoms with Gasteiger partial charge in [0.1, 0.15) is 0 Å². The number of hydrogen-bond acceptors (Lipinski definition) is 2. The fourth-order valence-electron chi connectivity index (χ4n) is 2.83. The fraction of sp³-hybridized carbons (Fsp3) is 0.923. The third-order valence-corrected chi connectivity index (χ3v) is 4.50. The minimum atomic E-state index is -0.145. The molecule has 0 bridgehead atoms. The van der Waals surface area contributed by atoms with Gasteiger partial charge in [0, 0.05) is 12.5 Å². The van der Waals surface area contributed by atoms with Gasteiger partial charge in [-0.2, -0.15) is 0 Å². The van der Waals surface area contributed by atoms with Gasteiger partial charge in [-0.15, -0.1) is 11.6 Å². The minimum absolute atomic E-state index is 0.0331. The number of nitrogens with one attached hydrogen (secondary N) is 1. The molecule has 2 aliphatic rings. The van der Waals surface area contributed by atoms with Crippen molar-refractivity contribution in [3.63, 3.8) is 0 Å². The molecule has 1 N–H and O–H groups in total. The fourth-order valence-corrected chi connectivity index (χ4v) is 3.17. The van der Waals surface area contributed by atoms with Gasteiger partial charge in [-0.05, 0) is 25.7 Å². The maximum atomic E-state index is 12.2. The lowest BCUT2D eigenvalue weighted by Gasteiger charge is -2.38. The van der Waals surface area contributed by atoms with Gasteiger partial charge in [-0.3, -0.25) is 4.79 Å². The Labute approximate surface area is 108 Å². The first-order chi connectivity index (χ1) is 8.26. The summed E-state index contributed by atoms with van der Waals surface area (Å²) in [4.78, 5) is 12.2. The molecule has 98 valence electrons. The van der Waals surface area contributed by atoms with Crippen molar-refractivity contribution < 1.29 is 9.53 Å². The predicted octanol–water partition coefficient (Wildman–Crippen LogP) is 2.47. The molecule has 0 aromatic carbocycles. The van der Waals surface area contributed by atoms with Gasteiger partial charge in [0.25, 0.3) is 0 Å². The van der Waals surface area contributed by atoms with E-state index in [1.54, 1.807) is 0 Å². The first kappa shape index (κ1) is 13.2. The van der Waals surface area contributed by atoms with Gasteiger partial charge >= 0.3 is 0 Å². The average Bonchev–Trinajstić information content (AvgIpc) is 2.41. The Morgan fingerprint density at radius 1 is 1.29 bits per heavy atom. The number of ether oxygens (including phenoxy) is 1. The van der Waals surface area contributed by atoms with Gasteiger partial charge in [-0.25, -0.2) is 0 Å². The van der Waals surface area contributed by atoms with E-state index in [9.17, 15) is 4.79 Å². The summed E-state index contributed by atoms with van der Waals surface area (Å²) in [6.07, 6.45) is 7.60. The number of alkyl halides is 1. The summed E-state index contributed by atoms with van der Waals surface area (Å²) in [6.45, 7) is 1.37. The zero-order valence-corrected chi connectivity index (χ0v) is 11.1. The smallest absolute Gasteiger partial charge is 0.225 e. The topological polar surface area (TPSA) is 38.3 Å². The molecule has 0 radical (unpaired) electrons. The highest BCUT2D eigenvalue weighted by atomic mass is 35.5. The summed E-state index contributed by atoms with van der Waals surface area (Å²) in [5.74, 6) is 0.713. The third kappa shape index (κ3) is 3.35. The van der Waals surface area contributed by atoms with Crippen LogP contribution >= 0.6 is 11.6 Å². The number of rotatable bonds is 3. The highest BCUT2D eigenvalue weighted by Gasteiger charge is 2.35. The Balaban J connectivity index is 1.90. The Hall–Kier alpha value is -0.280. The highest BCUT2D eigenvalue weighted by Crippen LogP contribution is 2.30. The maximum absolute atomic E-state index is 12.2. The highest BCUT2D eigenvalue weighted by molar-refractivity contribution is 6.18. The molecule has 1 saturated carbocycles. The lowest BCUT2D eigenvalue weighted by molar-refractivity contribution is -0.131. The molecule has 0 aromatic rings. The van der Waals surface area contributed by atoms with Crippen molar-refractivity contribution in [1.29, 1.82) is 0 Å². The molecule has 1 heterocycles. The SMILES string of the molecule is O=C(NC1(CCl)CCCCC1)C1CCCOC1. The molecule has 4 heteroatoms. The molecule has 3 nitrogen and oxygen atoms in total. The molecule has 2 rings (SSSR count). The van der Waals surface area contributed by atoms with E-state index in [4.69, 9.17) is 16.3 Å². The van der Waals surface area contributed by atoms with E-state index in [1.165, 1.54) is 19.3 Å². The van der Waals surface area contributed by atoms with Gasteiger partial charge < -0.3 is 10.1 Å². The summed E-state index contributed by atoms with van der Waals surface area (Å²) < 4.78 is 5.37. The van der Waals surface area contributed by atoms with Crippen LogP contribution in [0, 0.1) is 5.92 Å². The van der Waals surface area contributed by atoms with Crippen LogP contribution < -0.4 is 5.32 Å². The van der Waals surface area contributed by atoms with Gasteiger partial charge in [-0.1, -0.05) is 19.3 Å². The number of carbonyl (C=O) groups is 1. The van der Waals surface area contributed by atoms with Crippen LogP contribution in [0.2, 0.25) is 0 Å². The maximum Gasteiger partial charge on any atom is 0.225 e. The molecule has 1 amide bonds. The summed E-state index contributed by atoms with van der Waals surface area (Å²) in [6, 6.07) is 0. The summed E-state index contributed by atoms with van der Waals surface area (Å²) >= 11 is 6.07. The van der Waals surface area contributed by atoms with E-state index >= 15 is 0 Å². The predicted molar refractivity (Wildman–Crippen MR) is 68.2 cm³/mol. The second-order valence-electron chi connectivity index (χ2n) is 5.38.